The molecular formula is C15H16ClN3. The fourth-order valence-electron chi connectivity index (χ4n) is 2.21. The van der Waals surface area contributed by atoms with Gasteiger partial charge in [-0.2, -0.15) is 4.57 Å². The summed E-state index contributed by atoms with van der Waals surface area (Å²) < 4.78 is 4.38. The second kappa shape index (κ2) is 5.41. The zero-order valence-corrected chi connectivity index (χ0v) is 11.7. The minimum Gasteiger partial charge on any atom is -1.00 e. The van der Waals surface area contributed by atoms with Crippen molar-refractivity contribution in [1.29, 1.82) is 0 Å². The highest BCUT2D eigenvalue weighted by Crippen LogP contribution is 2.15. The molecule has 2 aromatic heterocycles. The molecule has 3 aromatic rings. The van der Waals surface area contributed by atoms with Crippen molar-refractivity contribution in [2.24, 2.45) is 0 Å². The molecule has 0 spiro atoms. The van der Waals surface area contributed by atoms with Crippen molar-refractivity contribution in [2.45, 2.75) is 19.9 Å². The van der Waals surface area contributed by atoms with Crippen molar-refractivity contribution in [3.8, 4) is 5.69 Å². The average molecular weight is 274 g/mol. The topological polar surface area (TPSA) is 21.7 Å². The van der Waals surface area contributed by atoms with Gasteiger partial charge in [-0.3, -0.25) is 0 Å². The number of hydrogen-bond donors (Lipinski definition) is 0. The second-order valence-corrected chi connectivity index (χ2v) is 4.67. The lowest BCUT2D eigenvalue weighted by Crippen LogP contribution is -3.00. The lowest BCUT2D eigenvalue weighted by atomic mass is 10.3. The molecule has 2 heterocycles. The number of rotatable bonds is 2. The zero-order valence-electron chi connectivity index (χ0n) is 11.0. The molecule has 0 saturated carbocycles. The highest BCUT2D eigenvalue weighted by molar-refractivity contribution is 5.68. The third-order valence-electron chi connectivity index (χ3n) is 3.10. The van der Waals surface area contributed by atoms with Crippen LogP contribution in [0.25, 0.3) is 16.9 Å². The Morgan fingerprint density at radius 2 is 1.79 bits per heavy atom. The fraction of sp³-hybridized carbons (Fsp3) is 0.200. The third-order valence-corrected chi connectivity index (χ3v) is 3.10. The summed E-state index contributed by atoms with van der Waals surface area (Å²) in [6, 6.07) is 14.8. The van der Waals surface area contributed by atoms with Crippen molar-refractivity contribution in [3.63, 3.8) is 0 Å². The predicted molar refractivity (Wildman–Crippen MR) is 71.7 cm³/mol. The van der Waals surface area contributed by atoms with E-state index in [1.165, 1.54) is 0 Å². The van der Waals surface area contributed by atoms with Gasteiger partial charge in [0.25, 0.3) is 12.0 Å². The second-order valence-electron chi connectivity index (χ2n) is 4.67. The highest BCUT2D eigenvalue weighted by Gasteiger charge is 2.19. The number of fused-ring (bicyclic) bond motifs is 1. The van der Waals surface area contributed by atoms with Gasteiger partial charge in [0.2, 0.25) is 0 Å². The summed E-state index contributed by atoms with van der Waals surface area (Å²) in [6.07, 6.45) is 3.96. The standard InChI is InChI=1S/C15H16N3.ClH/c1-12(2)17-11-18(13-7-4-3-5-8-13)15-14(17)9-6-10-16-15;/h3-12H,1-2H3;1H/q+1;/p-1. The molecule has 0 aliphatic rings. The Morgan fingerprint density at radius 1 is 1.05 bits per heavy atom. The van der Waals surface area contributed by atoms with E-state index in [4.69, 9.17) is 0 Å². The maximum atomic E-state index is 4.50. The molecule has 0 unspecified atom stereocenters. The molecule has 0 saturated heterocycles. The number of nitrogens with zero attached hydrogens (tertiary/aromatic N) is 3. The Hall–Kier alpha value is -1.87. The molecule has 0 N–H and O–H groups in total. The van der Waals surface area contributed by atoms with Crippen LogP contribution in [0.5, 0.6) is 0 Å². The summed E-state index contributed by atoms with van der Waals surface area (Å²) in [7, 11) is 0. The smallest absolute Gasteiger partial charge is 0.273 e. The summed E-state index contributed by atoms with van der Waals surface area (Å²) in [5.74, 6) is 0. The van der Waals surface area contributed by atoms with Gasteiger partial charge in [-0.05, 0) is 38.1 Å². The Kier molecular flexibility index (Phi) is 3.86. The zero-order chi connectivity index (χ0) is 12.5. The van der Waals surface area contributed by atoms with Crippen molar-refractivity contribution >= 4 is 11.2 Å². The maximum absolute atomic E-state index is 4.50. The molecule has 0 atom stereocenters. The van der Waals surface area contributed by atoms with Crippen LogP contribution in [0.1, 0.15) is 19.9 Å². The molecule has 19 heavy (non-hydrogen) atoms. The van der Waals surface area contributed by atoms with Crippen LogP contribution in [0.3, 0.4) is 0 Å². The van der Waals surface area contributed by atoms with E-state index >= 15 is 0 Å². The quantitative estimate of drug-likeness (QED) is 0.598. The summed E-state index contributed by atoms with van der Waals surface area (Å²) in [6.45, 7) is 4.36. The van der Waals surface area contributed by atoms with E-state index < -0.39 is 0 Å². The van der Waals surface area contributed by atoms with Gasteiger partial charge in [0.1, 0.15) is 5.69 Å². The molecule has 0 amide bonds. The number of aromatic nitrogens is 3. The van der Waals surface area contributed by atoms with Crippen molar-refractivity contribution in [2.75, 3.05) is 0 Å². The van der Waals surface area contributed by atoms with Gasteiger partial charge in [0.05, 0.1) is 6.04 Å². The highest BCUT2D eigenvalue weighted by atomic mass is 35.5. The Bertz CT molecular complexity index is 674. The van der Waals surface area contributed by atoms with Crippen LogP contribution in [0.4, 0.5) is 0 Å². The molecule has 0 aliphatic carbocycles. The number of hydrogen-bond acceptors (Lipinski definition) is 1. The van der Waals surface area contributed by atoms with E-state index in [-0.39, 0.29) is 12.4 Å². The number of benzene rings is 1. The minimum absolute atomic E-state index is 0. The molecule has 4 heteroatoms. The lowest BCUT2D eigenvalue weighted by Gasteiger charge is -1.98. The molecular weight excluding hydrogens is 258 g/mol. The molecule has 98 valence electrons. The van der Waals surface area contributed by atoms with Crippen LogP contribution in [0.2, 0.25) is 0 Å². The first kappa shape index (κ1) is 13.6. The fourth-order valence-corrected chi connectivity index (χ4v) is 2.21. The predicted octanol–water partition coefficient (Wildman–Crippen LogP) is -0.102. The van der Waals surface area contributed by atoms with E-state index in [0.717, 1.165) is 16.9 Å². The van der Waals surface area contributed by atoms with Gasteiger partial charge in [-0.1, -0.05) is 18.2 Å². The summed E-state index contributed by atoms with van der Waals surface area (Å²) in [5, 5.41) is 0. The molecule has 0 fully saturated rings. The SMILES string of the molecule is CC(C)[n+]1cn(-c2ccccc2)c2ncccc21.[Cl-]. The van der Waals surface area contributed by atoms with Crippen molar-refractivity contribution in [1.82, 2.24) is 9.55 Å². The van der Waals surface area contributed by atoms with Gasteiger partial charge < -0.3 is 12.4 Å². The van der Waals surface area contributed by atoms with E-state index in [1.807, 2.05) is 30.5 Å². The van der Waals surface area contributed by atoms with Crippen molar-refractivity contribution in [3.05, 3.63) is 55.0 Å². The van der Waals surface area contributed by atoms with Gasteiger partial charge in [-0.25, -0.2) is 9.55 Å². The van der Waals surface area contributed by atoms with Crippen LogP contribution >= 0.6 is 0 Å². The molecule has 1 aromatic carbocycles. The Balaban J connectivity index is 0.00000133. The van der Waals surface area contributed by atoms with Gasteiger partial charge in [0, 0.05) is 6.20 Å². The first-order valence-corrected chi connectivity index (χ1v) is 6.20. The van der Waals surface area contributed by atoms with Crippen LogP contribution < -0.4 is 17.0 Å². The van der Waals surface area contributed by atoms with E-state index in [2.05, 4.69) is 52.5 Å². The number of pyridine rings is 1. The minimum atomic E-state index is 0. The molecule has 0 radical (unpaired) electrons. The van der Waals surface area contributed by atoms with E-state index in [0.29, 0.717) is 6.04 Å². The largest absolute Gasteiger partial charge is 1.00 e. The Labute approximate surface area is 118 Å². The van der Waals surface area contributed by atoms with Gasteiger partial charge in [0.15, 0.2) is 5.52 Å². The lowest BCUT2D eigenvalue weighted by molar-refractivity contribution is -0.691. The van der Waals surface area contributed by atoms with E-state index in [1.54, 1.807) is 0 Å². The average Bonchev–Trinajstić information content (AvgIpc) is 2.79. The summed E-state index contributed by atoms with van der Waals surface area (Å²) >= 11 is 0. The molecule has 3 rings (SSSR count). The number of halogens is 1. The van der Waals surface area contributed by atoms with Crippen LogP contribution in [-0.4, -0.2) is 9.55 Å². The van der Waals surface area contributed by atoms with E-state index in [9.17, 15) is 0 Å². The van der Waals surface area contributed by atoms with Crippen LogP contribution in [0, 0.1) is 0 Å². The van der Waals surface area contributed by atoms with Crippen LogP contribution in [0.15, 0.2) is 55.0 Å². The maximum Gasteiger partial charge on any atom is 0.273 e. The molecule has 0 bridgehead atoms. The number of para-hydroxylation sites is 1. The molecule has 3 nitrogen and oxygen atoms in total. The third kappa shape index (κ3) is 2.34. The Morgan fingerprint density at radius 3 is 2.47 bits per heavy atom. The summed E-state index contributed by atoms with van der Waals surface area (Å²) in [5.41, 5.74) is 3.30. The van der Waals surface area contributed by atoms with Crippen LogP contribution in [-0.2, 0) is 0 Å². The van der Waals surface area contributed by atoms with Gasteiger partial charge in [-0.15, -0.1) is 0 Å². The monoisotopic (exact) mass is 273 g/mol. The van der Waals surface area contributed by atoms with Gasteiger partial charge >= 0.3 is 0 Å². The molecule has 0 aliphatic heterocycles. The normalized spacial score (nSPS) is 10.7. The van der Waals surface area contributed by atoms with Crippen molar-refractivity contribution < 1.29 is 17.0 Å². The summed E-state index contributed by atoms with van der Waals surface area (Å²) in [4.78, 5) is 4.50. The first-order valence-electron chi connectivity index (χ1n) is 6.20. The first-order chi connectivity index (χ1) is 8.77. The number of imidazole rings is 1.